The Kier molecular flexibility index (Phi) is 6.90. The Bertz CT molecular complexity index is 1500. The molecule has 1 aliphatic rings. The van der Waals surface area contributed by atoms with Gasteiger partial charge < -0.3 is 24.2 Å². The van der Waals surface area contributed by atoms with Crippen molar-refractivity contribution in [3.8, 4) is 28.3 Å². The third-order valence-electron chi connectivity index (χ3n) is 6.58. The summed E-state index contributed by atoms with van der Waals surface area (Å²) in [6.07, 6.45) is 2.69. The Balaban J connectivity index is 1.51. The summed E-state index contributed by atoms with van der Waals surface area (Å²) in [6, 6.07) is 11.0. The number of alkyl carbamates (subject to hydrolysis) is 1. The van der Waals surface area contributed by atoms with Crippen LogP contribution in [0.4, 0.5) is 4.79 Å². The summed E-state index contributed by atoms with van der Waals surface area (Å²) < 4.78 is 16.7. The van der Waals surface area contributed by atoms with Crippen molar-refractivity contribution in [2.45, 2.75) is 18.6 Å². The second-order valence-electron chi connectivity index (χ2n) is 9.10. The molecule has 1 aliphatic carbocycles. The van der Waals surface area contributed by atoms with Crippen molar-refractivity contribution in [2.75, 3.05) is 33.6 Å². The number of rotatable bonds is 7. The highest BCUT2D eigenvalue weighted by atomic mass is 35.5. The van der Waals surface area contributed by atoms with Gasteiger partial charge in [-0.05, 0) is 42.9 Å². The quantitative estimate of drug-likeness (QED) is 0.347. The Labute approximate surface area is 218 Å². The average molecular weight is 523 g/mol. The van der Waals surface area contributed by atoms with E-state index in [1.54, 1.807) is 31.5 Å². The summed E-state index contributed by atoms with van der Waals surface area (Å²) in [5, 5.41) is 3.17. The molecule has 10 heteroatoms. The van der Waals surface area contributed by atoms with Gasteiger partial charge in [0.15, 0.2) is 17.6 Å². The van der Waals surface area contributed by atoms with E-state index in [-0.39, 0.29) is 17.6 Å². The first-order chi connectivity index (χ1) is 17.9. The number of aromatic nitrogens is 2. The van der Waals surface area contributed by atoms with Gasteiger partial charge in [-0.3, -0.25) is 9.69 Å². The number of carbonyl (C=O) groups excluding carboxylic acids is 1. The van der Waals surface area contributed by atoms with E-state index < -0.39 is 6.09 Å². The molecule has 2 aromatic heterocycles. The number of aromatic amines is 1. The Morgan fingerprint density at radius 2 is 2.11 bits per heavy atom. The number of carbonyl (C=O) groups is 1. The highest BCUT2D eigenvalue weighted by Crippen LogP contribution is 2.39. The van der Waals surface area contributed by atoms with Crippen molar-refractivity contribution in [1.29, 1.82) is 0 Å². The van der Waals surface area contributed by atoms with E-state index in [2.05, 4.69) is 21.4 Å². The van der Waals surface area contributed by atoms with Gasteiger partial charge in [0, 0.05) is 42.1 Å². The summed E-state index contributed by atoms with van der Waals surface area (Å²) >= 11 is 5.67. The number of hydrogen-bond acceptors (Lipinski definition) is 7. The number of ether oxygens (including phenoxy) is 2. The first kappa shape index (κ1) is 24.9. The standard InChI is InChI=1S/C27H27ClN4O5/c1-32(2)26-17-8-16(5-4-15(17)9-24(26)37-27(34)30-7-6-28)20-11-22(33)18-10-19(25-13-29-14-36-25)23(35-3)12-21(18)31-20/h4-5,8,10-14,24,26H,6-7,9H2,1-3H3,(H,30,34)(H,31,33). The van der Waals surface area contributed by atoms with Crippen LogP contribution in [0.1, 0.15) is 17.2 Å². The molecule has 1 amide bonds. The Morgan fingerprint density at radius 3 is 2.81 bits per heavy atom. The molecule has 0 aliphatic heterocycles. The van der Waals surface area contributed by atoms with Gasteiger partial charge in [-0.2, -0.15) is 0 Å². The number of amides is 1. The van der Waals surface area contributed by atoms with E-state index in [0.717, 1.165) is 16.7 Å². The average Bonchev–Trinajstić information content (AvgIpc) is 3.54. The fourth-order valence-electron chi connectivity index (χ4n) is 4.94. The number of likely N-dealkylation sites (N-methyl/N-ethyl adjacent to an activating group) is 1. The molecule has 4 aromatic rings. The van der Waals surface area contributed by atoms with Gasteiger partial charge in [0.1, 0.15) is 11.9 Å². The highest BCUT2D eigenvalue weighted by molar-refractivity contribution is 6.18. The Hall–Kier alpha value is -3.82. The predicted molar refractivity (Wildman–Crippen MR) is 141 cm³/mol. The fourth-order valence-corrected chi connectivity index (χ4v) is 5.03. The molecule has 5 rings (SSSR count). The lowest BCUT2D eigenvalue weighted by atomic mass is 10.0. The summed E-state index contributed by atoms with van der Waals surface area (Å²) in [6.45, 7) is 0.344. The summed E-state index contributed by atoms with van der Waals surface area (Å²) in [5.74, 6) is 1.40. The number of hydrogen-bond donors (Lipinski definition) is 2. The van der Waals surface area contributed by atoms with Crippen LogP contribution in [0.2, 0.25) is 0 Å². The van der Waals surface area contributed by atoms with Gasteiger partial charge in [0.2, 0.25) is 0 Å². The summed E-state index contributed by atoms with van der Waals surface area (Å²) in [4.78, 5) is 34.8. The van der Waals surface area contributed by atoms with Crippen LogP contribution in [0.3, 0.4) is 0 Å². The molecule has 0 saturated heterocycles. The zero-order valence-corrected chi connectivity index (χ0v) is 21.5. The van der Waals surface area contributed by atoms with Crippen molar-refractivity contribution in [1.82, 2.24) is 20.2 Å². The number of benzene rings is 2. The molecule has 192 valence electrons. The minimum absolute atomic E-state index is 0.131. The number of methoxy groups -OCH3 is 1. The number of pyridine rings is 1. The SMILES string of the molecule is COc1cc2[nH]c(-c3ccc4c(c3)C(N(C)C)C(OC(=O)NCCCl)C4)cc(=O)c2cc1-c1cnco1. The van der Waals surface area contributed by atoms with E-state index >= 15 is 0 Å². The Morgan fingerprint density at radius 1 is 1.27 bits per heavy atom. The highest BCUT2D eigenvalue weighted by Gasteiger charge is 2.37. The number of halogens is 1. The molecule has 2 heterocycles. The van der Waals surface area contributed by atoms with Crippen molar-refractivity contribution in [3.63, 3.8) is 0 Å². The maximum Gasteiger partial charge on any atom is 0.407 e. The van der Waals surface area contributed by atoms with Crippen LogP contribution in [0.25, 0.3) is 33.5 Å². The lowest BCUT2D eigenvalue weighted by molar-refractivity contribution is 0.0538. The number of nitrogens with zero attached hydrogens (tertiary/aromatic N) is 2. The van der Waals surface area contributed by atoms with E-state index in [4.69, 9.17) is 25.5 Å². The van der Waals surface area contributed by atoms with Crippen LogP contribution in [-0.4, -0.2) is 60.7 Å². The third-order valence-corrected chi connectivity index (χ3v) is 6.76. The first-order valence-corrected chi connectivity index (χ1v) is 12.4. The molecule has 37 heavy (non-hydrogen) atoms. The smallest absolute Gasteiger partial charge is 0.407 e. The van der Waals surface area contributed by atoms with Crippen molar-refractivity contribution >= 4 is 28.6 Å². The molecule has 2 unspecified atom stereocenters. The lowest BCUT2D eigenvalue weighted by Gasteiger charge is -2.27. The van der Waals surface area contributed by atoms with E-state index in [1.807, 2.05) is 31.1 Å². The molecule has 0 radical (unpaired) electrons. The monoisotopic (exact) mass is 522 g/mol. The molecule has 2 N–H and O–H groups in total. The van der Waals surface area contributed by atoms with Crippen LogP contribution >= 0.6 is 11.6 Å². The molecule has 0 fully saturated rings. The number of alkyl halides is 1. The maximum absolute atomic E-state index is 13.2. The van der Waals surface area contributed by atoms with Gasteiger partial charge >= 0.3 is 6.09 Å². The minimum Gasteiger partial charge on any atom is -0.496 e. The van der Waals surface area contributed by atoms with E-state index in [1.165, 1.54) is 6.39 Å². The number of fused-ring (bicyclic) bond motifs is 2. The molecular weight excluding hydrogens is 496 g/mol. The molecule has 2 atom stereocenters. The van der Waals surface area contributed by atoms with Gasteiger partial charge in [0.25, 0.3) is 0 Å². The second-order valence-corrected chi connectivity index (χ2v) is 9.47. The second kappa shape index (κ2) is 10.3. The van der Waals surface area contributed by atoms with Crippen LogP contribution < -0.4 is 15.5 Å². The fraction of sp³-hybridized carbons (Fsp3) is 0.296. The van der Waals surface area contributed by atoms with Gasteiger partial charge in [-0.1, -0.05) is 12.1 Å². The molecule has 0 saturated carbocycles. The maximum atomic E-state index is 13.2. The van der Waals surface area contributed by atoms with Crippen LogP contribution in [0.5, 0.6) is 5.75 Å². The van der Waals surface area contributed by atoms with Gasteiger partial charge in [-0.25, -0.2) is 9.78 Å². The van der Waals surface area contributed by atoms with Crippen LogP contribution in [0.15, 0.2) is 58.2 Å². The van der Waals surface area contributed by atoms with E-state index in [0.29, 0.717) is 52.5 Å². The summed E-state index contributed by atoms with van der Waals surface area (Å²) in [7, 11) is 5.48. The molecule has 0 spiro atoms. The van der Waals surface area contributed by atoms with Crippen LogP contribution in [0, 0.1) is 0 Å². The largest absolute Gasteiger partial charge is 0.496 e. The van der Waals surface area contributed by atoms with Crippen molar-refractivity contribution in [2.24, 2.45) is 0 Å². The predicted octanol–water partition coefficient (Wildman–Crippen LogP) is 4.35. The van der Waals surface area contributed by atoms with Gasteiger partial charge in [0.05, 0.1) is 30.4 Å². The third kappa shape index (κ3) is 4.80. The molecule has 0 bridgehead atoms. The zero-order chi connectivity index (χ0) is 26.1. The van der Waals surface area contributed by atoms with Crippen molar-refractivity contribution in [3.05, 3.63) is 70.3 Å². The molecular formula is C27H27ClN4O5. The number of oxazole rings is 1. The van der Waals surface area contributed by atoms with Crippen molar-refractivity contribution < 1.29 is 18.7 Å². The lowest BCUT2D eigenvalue weighted by Crippen LogP contribution is -2.36. The van der Waals surface area contributed by atoms with Gasteiger partial charge in [-0.15, -0.1) is 11.6 Å². The topological polar surface area (TPSA) is 110 Å². The molecule has 2 aromatic carbocycles. The van der Waals surface area contributed by atoms with Crippen LogP contribution in [-0.2, 0) is 11.2 Å². The first-order valence-electron chi connectivity index (χ1n) is 11.8. The number of H-pyrrole nitrogens is 1. The summed E-state index contributed by atoms with van der Waals surface area (Å²) in [5.41, 5.74) is 4.85. The minimum atomic E-state index is -0.483. The van der Waals surface area contributed by atoms with E-state index in [9.17, 15) is 9.59 Å². The number of nitrogens with one attached hydrogen (secondary N) is 2. The zero-order valence-electron chi connectivity index (χ0n) is 20.7. The normalized spacial score (nSPS) is 16.7. The molecule has 9 nitrogen and oxygen atoms in total.